The molecule has 5 nitrogen and oxygen atoms in total. The lowest BCUT2D eigenvalue weighted by atomic mass is 10.1. The van der Waals surface area contributed by atoms with Crippen molar-refractivity contribution in [3.8, 4) is 0 Å². The molecule has 1 aromatic heterocycles. The van der Waals surface area contributed by atoms with Crippen LogP contribution in [-0.2, 0) is 22.6 Å². The van der Waals surface area contributed by atoms with E-state index in [4.69, 9.17) is 11.6 Å². The molecule has 1 heterocycles. The molecule has 3 aromatic rings. The number of rotatable bonds is 6. The zero-order valence-corrected chi connectivity index (χ0v) is 16.1. The maximum absolute atomic E-state index is 13.0. The number of nitrogens with zero attached hydrogens (tertiary/aromatic N) is 1. The number of halogens is 2. The molecule has 2 N–H and O–H groups in total. The second-order valence-corrected chi connectivity index (χ2v) is 7.45. The van der Waals surface area contributed by atoms with Crippen molar-refractivity contribution in [3.63, 3.8) is 0 Å². The SMILES string of the molecule is CC(=O)Nc1nc2ccc(CCC(=O)NCc3ccc(F)cc3Cl)cc2s1. The predicted molar refractivity (Wildman–Crippen MR) is 106 cm³/mol. The van der Waals surface area contributed by atoms with Crippen molar-refractivity contribution in [1.29, 1.82) is 0 Å². The number of amides is 2. The van der Waals surface area contributed by atoms with Gasteiger partial charge in [0.25, 0.3) is 0 Å². The Labute approximate surface area is 164 Å². The first-order valence-corrected chi connectivity index (χ1v) is 9.48. The van der Waals surface area contributed by atoms with Crippen molar-refractivity contribution in [1.82, 2.24) is 10.3 Å². The van der Waals surface area contributed by atoms with Crippen LogP contribution in [0.4, 0.5) is 9.52 Å². The number of thiazole rings is 1. The van der Waals surface area contributed by atoms with Crippen molar-refractivity contribution in [3.05, 3.63) is 58.4 Å². The van der Waals surface area contributed by atoms with E-state index in [9.17, 15) is 14.0 Å². The Bertz CT molecular complexity index is 1010. The molecule has 0 aliphatic rings. The highest BCUT2D eigenvalue weighted by Crippen LogP contribution is 2.27. The standard InChI is InChI=1S/C19H17ClFN3O2S/c1-11(25)23-19-24-16-6-2-12(8-17(16)27-19)3-7-18(26)22-10-13-4-5-14(21)9-15(13)20/h2,4-6,8-9H,3,7,10H2,1H3,(H,22,26)(H,23,24,25). The maximum Gasteiger partial charge on any atom is 0.223 e. The minimum absolute atomic E-state index is 0.112. The van der Waals surface area contributed by atoms with Crippen LogP contribution in [0.1, 0.15) is 24.5 Å². The molecular formula is C19H17ClFN3O2S. The van der Waals surface area contributed by atoms with Gasteiger partial charge in [0.2, 0.25) is 11.8 Å². The van der Waals surface area contributed by atoms with Crippen LogP contribution in [0.15, 0.2) is 36.4 Å². The van der Waals surface area contributed by atoms with E-state index >= 15 is 0 Å². The lowest BCUT2D eigenvalue weighted by Crippen LogP contribution is -2.23. The van der Waals surface area contributed by atoms with Crippen LogP contribution in [-0.4, -0.2) is 16.8 Å². The van der Waals surface area contributed by atoms with Gasteiger partial charge in [-0.1, -0.05) is 35.1 Å². The molecule has 0 atom stereocenters. The van der Waals surface area contributed by atoms with Crippen LogP contribution in [0.5, 0.6) is 0 Å². The Morgan fingerprint density at radius 3 is 2.78 bits per heavy atom. The minimum atomic E-state index is -0.407. The largest absolute Gasteiger partial charge is 0.352 e. The number of fused-ring (bicyclic) bond motifs is 1. The molecule has 0 fully saturated rings. The molecule has 0 radical (unpaired) electrons. The summed E-state index contributed by atoms with van der Waals surface area (Å²) >= 11 is 7.35. The summed E-state index contributed by atoms with van der Waals surface area (Å²) in [5.41, 5.74) is 2.49. The van der Waals surface area contributed by atoms with Crippen molar-refractivity contribution in [2.75, 3.05) is 5.32 Å². The third kappa shape index (κ3) is 5.24. The van der Waals surface area contributed by atoms with E-state index in [1.54, 1.807) is 6.07 Å². The van der Waals surface area contributed by atoms with E-state index in [0.29, 0.717) is 28.6 Å². The van der Waals surface area contributed by atoms with Gasteiger partial charge in [0.1, 0.15) is 5.82 Å². The lowest BCUT2D eigenvalue weighted by molar-refractivity contribution is -0.121. The third-order valence-corrected chi connectivity index (χ3v) is 5.15. The summed E-state index contributed by atoms with van der Waals surface area (Å²) in [6.07, 6.45) is 0.897. The molecular weight excluding hydrogens is 389 g/mol. The monoisotopic (exact) mass is 405 g/mol. The number of nitrogens with one attached hydrogen (secondary N) is 2. The Morgan fingerprint density at radius 1 is 1.22 bits per heavy atom. The van der Waals surface area contributed by atoms with Gasteiger partial charge in [-0.3, -0.25) is 9.59 Å². The molecule has 0 saturated heterocycles. The number of anilines is 1. The summed E-state index contributed by atoms with van der Waals surface area (Å²) in [6.45, 7) is 1.70. The number of hydrogen-bond acceptors (Lipinski definition) is 4. The van der Waals surface area contributed by atoms with E-state index in [0.717, 1.165) is 15.8 Å². The summed E-state index contributed by atoms with van der Waals surface area (Å²) in [6, 6.07) is 9.87. The van der Waals surface area contributed by atoms with Crippen LogP contribution in [0, 0.1) is 5.82 Å². The number of aromatic nitrogens is 1. The van der Waals surface area contributed by atoms with Gasteiger partial charge < -0.3 is 10.6 Å². The topological polar surface area (TPSA) is 71.1 Å². The lowest BCUT2D eigenvalue weighted by Gasteiger charge is -2.07. The molecule has 0 aliphatic heterocycles. The fourth-order valence-electron chi connectivity index (χ4n) is 2.53. The number of carbonyl (C=O) groups is 2. The highest BCUT2D eigenvalue weighted by Gasteiger charge is 2.08. The maximum atomic E-state index is 13.0. The van der Waals surface area contributed by atoms with Gasteiger partial charge in [-0.2, -0.15) is 0 Å². The molecule has 27 heavy (non-hydrogen) atoms. The summed E-state index contributed by atoms with van der Waals surface area (Å²) in [5.74, 6) is -0.680. The highest BCUT2D eigenvalue weighted by molar-refractivity contribution is 7.22. The number of benzene rings is 2. The van der Waals surface area contributed by atoms with Crippen LogP contribution in [0.25, 0.3) is 10.2 Å². The van der Waals surface area contributed by atoms with Crippen LogP contribution in [0.3, 0.4) is 0 Å². The molecule has 0 unspecified atom stereocenters. The van der Waals surface area contributed by atoms with E-state index < -0.39 is 5.82 Å². The molecule has 0 aliphatic carbocycles. The summed E-state index contributed by atoms with van der Waals surface area (Å²) in [5, 5.41) is 6.32. The Kier molecular flexibility index (Phi) is 6.03. The summed E-state index contributed by atoms with van der Waals surface area (Å²) in [4.78, 5) is 27.5. The fourth-order valence-corrected chi connectivity index (χ4v) is 3.74. The fraction of sp³-hybridized carbons (Fsp3) is 0.211. The molecule has 2 amide bonds. The molecule has 2 aromatic carbocycles. The van der Waals surface area contributed by atoms with Gasteiger partial charge in [0.15, 0.2) is 5.13 Å². The van der Waals surface area contributed by atoms with E-state index in [1.165, 1.54) is 30.4 Å². The number of aryl methyl sites for hydroxylation is 1. The summed E-state index contributed by atoms with van der Waals surface area (Å²) in [7, 11) is 0. The minimum Gasteiger partial charge on any atom is -0.352 e. The second kappa shape index (κ2) is 8.45. The van der Waals surface area contributed by atoms with Crippen LogP contribution >= 0.6 is 22.9 Å². The molecule has 0 bridgehead atoms. The predicted octanol–water partition coefficient (Wildman–Crippen LogP) is 4.30. The zero-order valence-electron chi connectivity index (χ0n) is 14.5. The third-order valence-electron chi connectivity index (χ3n) is 3.87. The zero-order chi connectivity index (χ0) is 19.4. The highest BCUT2D eigenvalue weighted by atomic mass is 35.5. The molecule has 0 spiro atoms. The van der Waals surface area contributed by atoms with Gasteiger partial charge in [0.05, 0.1) is 10.2 Å². The van der Waals surface area contributed by atoms with Crippen LogP contribution < -0.4 is 10.6 Å². The van der Waals surface area contributed by atoms with Gasteiger partial charge in [-0.25, -0.2) is 9.37 Å². The van der Waals surface area contributed by atoms with Gasteiger partial charge in [-0.15, -0.1) is 0 Å². The molecule has 3 rings (SSSR count). The first kappa shape index (κ1) is 19.3. The Morgan fingerprint density at radius 2 is 2.04 bits per heavy atom. The second-order valence-electron chi connectivity index (χ2n) is 6.01. The molecule has 8 heteroatoms. The first-order chi connectivity index (χ1) is 12.9. The number of carbonyl (C=O) groups excluding carboxylic acids is 2. The summed E-state index contributed by atoms with van der Waals surface area (Å²) < 4.78 is 14.0. The van der Waals surface area contributed by atoms with E-state index in [1.807, 2.05) is 18.2 Å². The number of hydrogen-bond donors (Lipinski definition) is 2. The normalized spacial score (nSPS) is 10.8. The van der Waals surface area contributed by atoms with Gasteiger partial charge >= 0.3 is 0 Å². The van der Waals surface area contributed by atoms with Gasteiger partial charge in [-0.05, 0) is 41.8 Å². The van der Waals surface area contributed by atoms with Crippen molar-refractivity contribution < 1.29 is 14.0 Å². The van der Waals surface area contributed by atoms with E-state index in [-0.39, 0.29) is 18.4 Å². The average molecular weight is 406 g/mol. The van der Waals surface area contributed by atoms with Gasteiger partial charge in [0, 0.05) is 24.9 Å². The van der Waals surface area contributed by atoms with Crippen molar-refractivity contribution in [2.45, 2.75) is 26.3 Å². The van der Waals surface area contributed by atoms with Crippen molar-refractivity contribution in [2.24, 2.45) is 0 Å². The quantitative estimate of drug-likeness (QED) is 0.642. The van der Waals surface area contributed by atoms with Crippen LogP contribution in [0.2, 0.25) is 5.02 Å². The smallest absolute Gasteiger partial charge is 0.223 e. The van der Waals surface area contributed by atoms with Crippen molar-refractivity contribution >= 4 is 50.1 Å². The Hall–Kier alpha value is -2.51. The molecule has 0 saturated carbocycles. The van der Waals surface area contributed by atoms with E-state index in [2.05, 4.69) is 15.6 Å². The molecule has 140 valence electrons. The average Bonchev–Trinajstić information content (AvgIpc) is 2.99. The Balaban J connectivity index is 1.55. The first-order valence-electron chi connectivity index (χ1n) is 8.28.